The summed E-state index contributed by atoms with van der Waals surface area (Å²) in [5.74, 6) is 0.360. The minimum atomic E-state index is -0.106. The van der Waals surface area contributed by atoms with E-state index in [1.54, 1.807) is 18.2 Å². The number of amides is 1. The SMILES string of the molecule is [B]c1ccc(N(C=O)CC(C)=O)c(OC)c1. The number of anilines is 1. The Morgan fingerprint density at radius 1 is 1.56 bits per heavy atom. The Morgan fingerprint density at radius 3 is 2.75 bits per heavy atom. The molecule has 5 heteroatoms. The van der Waals surface area contributed by atoms with Crippen LogP contribution in [0.3, 0.4) is 0 Å². The molecule has 0 heterocycles. The highest BCUT2D eigenvalue weighted by Crippen LogP contribution is 2.25. The van der Waals surface area contributed by atoms with Crippen LogP contribution in [-0.4, -0.2) is 33.7 Å². The molecule has 0 aliphatic carbocycles. The predicted octanol–water partition coefficient (Wildman–Crippen LogP) is 0.0408. The van der Waals surface area contributed by atoms with Crippen molar-refractivity contribution in [3.05, 3.63) is 18.2 Å². The lowest BCUT2D eigenvalue weighted by Gasteiger charge is -2.19. The van der Waals surface area contributed by atoms with Gasteiger partial charge in [-0.3, -0.25) is 9.59 Å². The first-order chi connectivity index (χ1) is 7.58. The van der Waals surface area contributed by atoms with Crippen LogP contribution in [0, 0.1) is 0 Å². The molecule has 1 rings (SSSR count). The van der Waals surface area contributed by atoms with Gasteiger partial charge in [0.25, 0.3) is 0 Å². The van der Waals surface area contributed by atoms with Gasteiger partial charge in [-0.25, -0.2) is 0 Å². The van der Waals surface area contributed by atoms with Crippen molar-refractivity contribution in [2.45, 2.75) is 6.92 Å². The van der Waals surface area contributed by atoms with E-state index in [4.69, 9.17) is 12.6 Å². The normalized spacial score (nSPS) is 9.62. The molecule has 82 valence electrons. The van der Waals surface area contributed by atoms with Crippen LogP contribution in [0.1, 0.15) is 6.92 Å². The van der Waals surface area contributed by atoms with Gasteiger partial charge in [-0.2, -0.15) is 0 Å². The van der Waals surface area contributed by atoms with Crippen molar-refractivity contribution >= 4 is 31.2 Å². The summed E-state index contributed by atoms with van der Waals surface area (Å²) in [6.45, 7) is 1.43. The molecular weight excluding hydrogens is 205 g/mol. The third kappa shape index (κ3) is 2.86. The summed E-state index contributed by atoms with van der Waals surface area (Å²) in [6, 6.07) is 4.89. The summed E-state index contributed by atoms with van der Waals surface area (Å²) < 4.78 is 5.10. The number of methoxy groups -OCH3 is 1. The number of hydrogen-bond donors (Lipinski definition) is 0. The zero-order valence-electron chi connectivity index (χ0n) is 9.27. The number of nitrogens with zero attached hydrogens (tertiary/aromatic N) is 1. The van der Waals surface area contributed by atoms with Gasteiger partial charge in [0.2, 0.25) is 6.41 Å². The highest BCUT2D eigenvalue weighted by Gasteiger charge is 2.12. The number of benzene rings is 1. The van der Waals surface area contributed by atoms with Gasteiger partial charge in [0, 0.05) is 0 Å². The third-order valence-electron chi connectivity index (χ3n) is 2.03. The molecule has 0 aliphatic rings. The maximum absolute atomic E-state index is 11.0. The molecule has 0 aliphatic heterocycles. The Balaban J connectivity index is 3.08. The molecule has 1 aromatic rings. The van der Waals surface area contributed by atoms with Gasteiger partial charge in [-0.1, -0.05) is 11.5 Å². The molecule has 1 aromatic carbocycles. The Morgan fingerprint density at radius 2 is 2.25 bits per heavy atom. The summed E-state index contributed by atoms with van der Waals surface area (Å²) in [5.41, 5.74) is 1.07. The van der Waals surface area contributed by atoms with E-state index >= 15 is 0 Å². The Kier molecular flexibility index (Phi) is 4.11. The van der Waals surface area contributed by atoms with Crippen molar-refractivity contribution < 1.29 is 14.3 Å². The summed E-state index contributed by atoms with van der Waals surface area (Å²) >= 11 is 0. The first kappa shape index (κ1) is 12.3. The highest BCUT2D eigenvalue weighted by molar-refractivity contribution is 6.32. The summed E-state index contributed by atoms with van der Waals surface area (Å²) in [5, 5.41) is 0. The lowest BCUT2D eigenvalue weighted by Crippen LogP contribution is -2.27. The van der Waals surface area contributed by atoms with Gasteiger partial charge >= 0.3 is 0 Å². The van der Waals surface area contributed by atoms with Crippen molar-refractivity contribution in [1.82, 2.24) is 0 Å². The average molecular weight is 217 g/mol. The van der Waals surface area contributed by atoms with Gasteiger partial charge < -0.3 is 9.64 Å². The predicted molar refractivity (Wildman–Crippen MR) is 62.5 cm³/mol. The number of ketones is 1. The van der Waals surface area contributed by atoms with Crippen LogP contribution in [0.25, 0.3) is 0 Å². The van der Waals surface area contributed by atoms with Crippen molar-refractivity contribution in [1.29, 1.82) is 0 Å². The number of Topliss-reactive ketones (excluding diaryl/α,β-unsaturated/α-hetero) is 1. The molecule has 1 amide bonds. The standard InChI is InChI=1S/C11H12BNO3/c1-8(15)6-13(7-14)10-4-3-9(12)5-11(10)16-2/h3-5,7H,6H2,1-2H3. The van der Waals surface area contributed by atoms with Crippen LogP contribution in [0.5, 0.6) is 5.75 Å². The number of hydrogen-bond acceptors (Lipinski definition) is 3. The fourth-order valence-electron chi connectivity index (χ4n) is 1.35. The molecule has 0 saturated carbocycles. The maximum Gasteiger partial charge on any atom is 0.214 e. The highest BCUT2D eigenvalue weighted by atomic mass is 16.5. The molecular formula is C11H12BNO3. The molecule has 2 radical (unpaired) electrons. The fraction of sp³-hybridized carbons (Fsp3) is 0.273. The van der Waals surface area contributed by atoms with Crippen LogP contribution >= 0.6 is 0 Å². The molecule has 0 atom stereocenters. The molecule has 0 saturated heterocycles. The molecule has 0 fully saturated rings. The molecule has 0 unspecified atom stereocenters. The summed E-state index contributed by atoms with van der Waals surface area (Å²) in [4.78, 5) is 23.1. The fourth-order valence-corrected chi connectivity index (χ4v) is 1.35. The van der Waals surface area contributed by atoms with Gasteiger partial charge in [0.1, 0.15) is 19.4 Å². The van der Waals surface area contributed by atoms with E-state index in [2.05, 4.69) is 0 Å². The average Bonchev–Trinajstić information content (AvgIpc) is 2.25. The Hall–Kier alpha value is -1.78. The van der Waals surface area contributed by atoms with Crippen molar-refractivity contribution in [3.8, 4) is 5.75 Å². The number of ether oxygens (including phenoxy) is 1. The van der Waals surface area contributed by atoms with Crippen LogP contribution in [0.4, 0.5) is 5.69 Å². The Labute approximate surface area is 95.6 Å². The molecule has 0 aromatic heterocycles. The van der Waals surface area contributed by atoms with Crippen LogP contribution in [-0.2, 0) is 9.59 Å². The summed E-state index contributed by atoms with van der Waals surface area (Å²) in [6.07, 6.45) is 0.593. The van der Waals surface area contributed by atoms with Crippen molar-refractivity contribution in [2.24, 2.45) is 0 Å². The van der Waals surface area contributed by atoms with Gasteiger partial charge in [0.05, 0.1) is 19.3 Å². The Bertz CT molecular complexity index is 406. The molecule has 4 nitrogen and oxygen atoms in total. The van der Waals surface area contributed by atoms with Crippen LogP contribution in [0.2, 0.25) is 0 Å². The lowest BCUT2D eigenvalue weighted by atomic mass is 9.95. The topological polar surface area (TPSA) is 46.6 Å². The van der Waals surface area contributed by atoms with Gasteiger partial charge in [-0.05, 0) is 19.1 Å². The van der Waals surface area contributed by atoms with E-state index in [9.17, 15) is 9.59 Å². The molecule has 0 bridgehead atoms. The monoisotopic (exact) mass is 217 g/mol. The maximum atomic E-state index is 11.0. The van der Waals surface area contributed by atoms with Gasteiger partial charge in [-0.15, -0.1) is 0 Å². The van der Waals surface area contributed by atoms with E-state index in [-0.39, 0.29) is 12.3 Å². The largest absolute Gasteiger partial charge is 0.495 e. The smallest absolute Gasteiger partial charge is 0.214 e. The molecule has 16 heavy (non-hydrogen) atoms. The minimum Gasteiger partial charge on any atom is -0.495 e. The van der Waals surface area contributed by atoms with E-state index in [1.165, 1.54) is 18.9 Å². The zero-order valence-corrected chi connectivity index (χ0v) is 9.27. The quantitative estimate of drug-likeness (QED) is 0.516. The van der Waals surface area contributed by atoms with Crippen molar-refractivity contribution in [2.75, 3.05) is 18.6 Å². The third-order valence-corrected chi connectivity index (χ3v) is 2.03. The number of carbonyl (C=O) groups excluding carboxylic acids is 2. The van der Waals surface area contributed by atoms with E-state index < -0.39 is 0 Å². The zero-order chi connectivity index (χ0) is 12.1. The van der Waals surface area contributed by atoms with Crippen molar-refractivity contribution in [3.63, 3.8) is 0 Å². The minimum absolute atomic E-state index is 0.0176. The number of rotatable bonds is 5. The lowest BCUT2D eigenvalue weighted by molar-refractivity contribution is -0.117. The second kappa shape index (κ2) is 5.35. The first-order valence-electron chi connectivity index (χ1n) is 4.73. The second-order valence-corrected chi connectivity index (χ2v) is 3.37. The van der Waals surface area contributed by atoms with E-state index in [0.29, 0.717) is 23.3 Å². The first-order valence-corrected chi connectivity index (χ1v) is 4.73. The van der Waals surface area contributed by atoms with Crippen LogP contribution < -0.4 is 15.1 Å². The van der Waals surface area contributed by atoms with Crippen LogP contribution in [0.15, 0.2) is 18.2 Å². The second-order valence-electron chi connectivity index (χ2n) is 3.37. The van der Waals surface area contributed by atoms with E-state index in [0.717, 1.165) is 0 Å². The molecule has 0 spiro atoms. The van der Waals surface area contributed by atoms with Gasteiger partial charge in [0.15, 0.2) is 0 Å². The molecule has 0 N–H and O–H groups in total. The number of carbonyl (C=O) groups is 2. The van der Waals surface area contributed by atoms with E-state index in [1.807, 2.05) is 0 Å². The summed E-state index contributed by atoms with van der Waals surface area (Å²) in [7, 11) is 7.07.